The van der Waals surface area contributed by atoms with Crippen molar-refractivity contribution in [2.45, 2.75) is 6.42 Å². The Morgan fingerprint density at radius 1 is 1.13 bits per heavy atom. The van der Waals surface area contributed by atoms with E-state index in [1.807, 2.05) is 12.1 Å². The Balaban J connectivity index is 1.50. The molecule has 1 aliphatic rings. The number of hydrogen-bond acceptors (Lipinski definition) is 4. The number of benzene rings is 2. The molecule has 1 N–H and O–H groups in total. The van der Waals surface area contributed by atoms with Gasteiger partial charge in [-0.1, -0.05) is 23.7 Å². The van der Waals surface area contributed by atoms with Crippen LogP contribution in [0.4, 0.5) is 5.69 Å². The van der Waals surface area contributed by atoms with Gasteiger partial charge in [0.05, 0.1) is 18.1 Å². The van der Waals surface area contributed by atoms with Crippen LogP contribution in [0.25, 0.3) is 0 Å². The van der Waals surface area contributed by atoms with E-state index in [2.05, 4.69) is 5.32 Å². The summed E-state index contributed by atoms with van der Waals surface area (Å²) < 4.78 is 16.4. The number of halogens is 1. The van der Waals surface area contributed by atoms with Crippen molar-refractivity contribution >= 4 is 23.2 Å². The van der Waals surface area contributed by atoms with E-state index in [0.29, 0.717) is 41.2 Å². The van der Waals surface area contributed by atoms with Gasteiger partial charge in [-0.3, -0.25) is 4.79 Å². The quantitative estimate of drug-likeness (QED) is 0.909. The predicted molar refractivity (Wildman–Crippen MR) is 87.6 cm³/mol. The molecule has 6 heteroatoms. The van der Waals surface area contributed by atoms with Crippen molar-refractivity contribution < 1.29 is 19.0 Å². The molecular formula is C17H16ClNO4. The van der Waals surface area contributed by atoms with Crippen LogP contribution in [-0.2, 0) is 4.79 Å². The summed E-state index contributed by atoms with van der Waals surface area (Å²) in [7, 11) is 0. The van der Waals surface area contributed by atoms with Crippen LogP contribution in [0.15, 0.2) is 42.5 Å². The molecule has 1 heterocycles. The van der Waals surface area contributed by atoms with Crippen LogP contribution in [-0.4, -0.2) is 25.7 Å². The van der Waals surface area contributed by atoms with E-state index in [-0.39, 0.29) is 18.9 Å². The molecule has 3 rings (SSSR count). The number of para-hydroxylation sites is 1. The van der Waals surface area contributed by atoms with E-state index in [0.717, 1.165) is 0 Å². The highest BCUT2D eigenvalue weighted by Crippen LogP contribution is 2.32. The first kappa shape index (κ1) is 15.5. The average molecular weight is 334 g/mol. The SMILES string of the molecule is O=C(CCOc1ccccc1Cl)Nc1ccc2c(c1)OCCO2. The molecule has 0 aliphatic carbocycles. The van der Waals surface area contributed by atoms with Gasteiger partial charge in [0.15, 0.2) is 11.5 Å². The van der Waals surface area contributed by atoms with E-state index in [9.17, 15) is 4.79 Å². The topological polar surface area (TPSA) is 56.8 Å². The molecule has 0 unspecified atom stereocenters. The van der Waals surface area contributed by atoms with Gasteiger partial charge in [-0.2, -0.15) is 0 Å². The number of anilines is 1. The highest BCUT2D eigenvalue weighted by Gasteiger charge is 2.12. The summed E-state index contributed by atoms with van der Waals surface area (Å²) in [5.41, 5.74) is 0.664. The van der Waals surface area contributed by atoms with Gasteiger partial charge in [0.2, 0.25) is 5.91 Å². The zero-order valence-electron chi connectivity index (χ0n) is 12.4. The number of ether oxygens (including phenoxy) is 3. The van der Waals surface area contributed by atoms with Gasteiger partial charge in [0.1, 0.15) is 19.0 Å². The van der Waals surface area contributed by atoms with Gasteiger partial charge >= 0.3 is 0 Å². The molecule has 0 spiro atoms. The number of hydrogen-bond donors (Lipinski definition) is 1. The van der Waals surface area contributed by atoms with E-state index >= 15 is 0 Å². The number of amides is 1. The van der Waals surface area contributed by atoms with E-state index in [1.165, 1.54) is 0 Å². The summed E-state index contributed by atoms with van der Waals surface area (Å²) in [5.74, 6) is 1.76. The maximum atomic E-state index is 12.0. The zero-order valence-corrected chi connectivity index (χ0v) is 13.1. The molecule has 120 valence electrons. The van der Waals surface area contributed by atoms with Crippen LogP contribution < -0.4 is 19.5 Å². The van der Waals surface area contributed by atoms with Crippen LogP contribution in [0.3, 0.4) is 0 Å². The third-order valence-electron chi connectivity index (χ3n) is 3.25. The Hall–Kier alpha value is -2.40. The number of rotatable bonds is 5. The Labute approximate surface area is 139 Å². The summed E-state index contributed by atoms with van der Waals surface area (Å²) in [6.45, 7) is 1.30. The molecule has 0 saturated heterocycles. The van der Waals surface area contributed by atoms with Crippen LogP contribution >= 0.6 is 11.6 Å². The molecule has 0 aromatic heterocycles. The smallest absolute Gasteiger partial charge is 0.227 e. The normalized spacial score (nSPS) is 12.6. The second kappa shape index (κ2) is 7.24. The van der Waals surface area contributed by atoms with Gasteiger partial charge < -0.3 is 19.5 Å². The molecule has 0 atom stereocenters. The van der Waals surface area contributed by atoms with Gasteiger partial charge in [0, 0.05) is 11.8 Å². The monoisotopic (exact) mass is 333 g/mol. The van der Waals surface area contributed by atoms with Crippen LogP contribution in [0.2, 0.25) is 5.02 Å². The minimum absolute atomic E-state index is 0.145. The van der Waals surface area contributed by atoms with E-state index in [4.69, 9.17) is 25.8 Å². The van der Waals surface area contributed by atoms with Crippen LogP contribution in [0, 0.1) is 0 Å². The lowest BCUT2D eigenvalue weighted by Gasteiger charge is -2.19. The van der Waals surface area contributed by atoms with Crippen molar-refractivity contribution in [1.82, 2.24) is 0 Å². The molecule has 1 amide bonds. The number of carbonyl (C=O) groups excluding carboxylic acids is 1. The van der Waals surface area contributed by atoms with Crippen LogP contribution in [0.1, 0.15) is 6.42 Å². The third-order valence-corrected chi connectivity index (χ3v) is 3.56. The molecule has 0 radical (unpaired) electrons. The fraction of sp³-hybridized carbons (Fsp3) is 0.235. The van der Waals surface area contributed by atoms with Gasteiger partial charge in [-0.15, -0.1) is 0 Å². The molecule has 0 fully saturated rings. The standard InChI is InChI=1S/C17H16ClNO4/c18-13-3-1-2-4-14(13)21-8-7-17(20)19-12-5-6-15-16(11-12)23-10-9-22-15/h1-6,11H,7-10H2,(H,19,20). The summed E-state index contributed by atoms with van der Waals surface area (Å²) >= 11 is 5.99. The lowest BCUT2D eigenvalue weighted by Crippen LogP contribution is -2.17. The first-order valence-corrected chi connectivity index (χ1v) is 7.67. The largest absolute Gasteiger partial charge is 0.491 e. The Morgan fingerprint density at radius 3 is 2.74 bits per heavy atom. The zero-order chi connectivity index (χ0) is 16.1. The molecule has 0 saturated carbocycles. The molecular weight excluding hydrogens is 318 g/mol. The summed E-state index contributed by atoms with van der Waals surface area (Å²) in [4.78, 5) is 12.0. The van der Waals surface area contributed by atoms with Gasteiger partial charge in [-0.05, 0) is 24.3 Å². The predicted octanol–water partition coefficient (Wildman–Crippen LogP) is 3.52. The average Bonchev–Trinajstić information content (AvgIpc) is 2.56. The van der Waals surface area contributed by atoms with E-state index < -0.39 is 0 Å². The Kier molecular flexibility index (Phi) is 4.88. The lowest BCUT2D eigenvalue weighted by atomic mass is 10.2. The second-order valence-electron chi connectivity index (χ2n) is 4.94. The van der Waals surface area contributed by atoms with Crippen molar-refractivity contribution in [2.24, 2.45) is 0 Å². The lowest BCUT2D eigenvalue weighted by molar-refractivity contribution is -0.116. The van der Waals surface area contributed by atoms with Crippen molar-refractivity contribution in [3.8, 4) is 17.2 Å². The highest BCUT2D eigenvalue weighted by molar-refractivity contribution is 6.32. The molecule has 0 bridgehead atoms. The number of nitrogens with one attached hydrogen (secondary N) is 1. The highest BCUT2D eigenvalue weighted by atomic mass is 35.5. The molecule has 5 nitrogen and oxygen atoms in total. The maximum Gasteiger partial charge on any atom is 0.227 e. The minimum Gasteiger partial charge on any atom is -0.491 e. The Morgan fingerprint density at radius 2 is 1.91 bits per heavy atom. The molecule has 1 aliphatic heterocycles. The molecule has 2 aromatic carbocycles. The first-order chi connectivity index (χ1) is 11.2. The third kappa shape index (κ3) is 4.07. The summed E-state index contributed by atoms with van der Waals surface area (Å²) in [5, 5.41) is 3.33. The summed E-state index contributed by atoms with van der Waals surface area (Å²) in [6, 6.07) is 12.5. The summed E-state index contributed by atoms with van der Waals surface area (Å²) in [6.07, 6.45) is 0.222. The fourth-order valence-electron chi connectivity index (χ4n) is 2.16. The Bertz CT molecular complexity index is 705. The van der Waals surface area contributed by atoms with Crippen molar-refractivity contribution in [1.29, 1.82) is 0 Å². The maximum absolute atomic E-state index is 12.0. The second-order valence-corrected chi connectivity index (χ2v) is 5.34. The first-order valence-electron chi connectivity index (χ1n) is 7.29. The van der Waals surface area contributed by atoms with Crippen molar-refractivity contribution in [2.75, 3.05) is 25.1 Å². The van der Waals surface area contributed by atoms with Gasteiger partial charge in [-0.25, -0.2) is 0 Å². The molecule has 2 aromatic rings. The van der Waals surface area contributed by atoms with Crippen LogP contribution in [0.5, 0.6) is 17.2 Å². The minimum atomic E-state index is -0.145. The fourth-order valence-corrected chi connectivity index (χ4v) is 2.35. The van der Waals surface area contributed by atoms with Crippen molar-refractivity contribution in [3.63, 3.8) is 0 Å². The van der Waals surface area contributed by atoms with E-state index in [1.54, 1.807) is 30.3 Å². The van der Waals surface area contributed by atoms with Gasteiger partial charge in [0.25, 0.3) is 0 Å². The molecule has 23 heavy (non-hydrogen) atoms. The van der Waals surface area contributed by atoms with Crippen molar-refractivity contribution in [3.05, 3.63) is 47.5 Å². The number of carbonyl (C=O) groups is 1. The number of fused-ring (bicyclic) bond motifs is 1.